The molecule has 7 heteroatoms. The van der Waals surface area contributed by atoms with E-state index in [9.17, 15) is 9.59 Å². The number of H-pyrrole nitrogens is 2. The van der Waals surface area contributed by atoms with Crippen LogP contribution in [0.4, 0.5) is 0 Å². The van der Waals surface area contributed by atoms with Crippen LogP contribution in [0, 0.1) is 13.8 Å². The first-order chi connectivity index (χ1) is 14.0. The third-order valence-corrected chi connectivity index (χ3v) is 4.89. The van der Waals surface area contributed by atoms with Gasteiger partial charge in [-0.25, -0.2) is 4.98 Å². The van der Waals surface area contributed by atoms with Gasteiger partial charge in [-0.3, -0.25) is 14.7 Å². The van der Waals surface area contributed by atoms with Gasteiger partial charge < -0.3 is 10.3 Å². The molecule has 3 heterocycles. The van der Waals surface area contributed by atoms with Crippen LogP contribution in [0.15, 0.2) is 59.5 Å². The number of nitrogens with zero attached hydrogens (tertiary/aromatic N) is 2. The molecule has 0 bridgehead atoms. The molecule has 146 valence electrons. The second-order valence-corrected chi connectivity index (χ2v) is 7.07. The van der Waals surface area contributed by atoms with E-state index in [1.165, 1.54) is 0 Å². The number of rotatable bonds is 5. The Morgan fingerprint density at radius 1 is 1.14 bits per heavy atom. The van der Waals surface area contributed by atoms with Crippen molar-refractivity contribution in [2.75, 3.05) is 0 Å². The Morgan fingerprint density at radius 3 is 2.69 bits per heavy atom. The third kappa shape index (κ3) is 3.80. The van der Waals surface area contributed by atoms with E-state index in [2.05, 4.69) is 25.5 Å². The van der Waals surface area contributed by atoms with E-state index in [1.807, 2.05) is 42.5 Å². The summed E-state index contributed by atoms with van der Waals surface area (Å²) < 4.78 is 0. The molecule has 0 aliphatic heterocycles. The number of nitrogens with one attached hydrogen (secondary N) is 3. The van der Waals surface area contributed by atoms with E-state index in [1.54, 1.807) is 26.1 Å². The van der Waals surface area contributed by atoms with Gasteiger partial charge in [-0.1, -0.05) is 30.3 Å². The van der Waals surface area contributed by atoms with Crippen LogP contribution in [-0.4, -0.2) is 26.1 Å². The molecule has 0 saturated heterocycles. The minimum atomic E-state index is -0.420. The lowest BCUT2D eigenvalue weighted by Gasteiger charge is -2.19. The number of benzene rings is 1. The zero-order valence-electron chi connectivity index (χ0n) is 16.2. The second kappa shape index (κ2) is 7.71. The van der Waals surface area contributed by atoms with Crippen molar-refractivity contribution in [2.45, 2.75) is 26.3 Å². The van der Waals surface area contributed by atoms with Crippen molar-refractivity contribution >= 4 is 16.9 Å². The van der Waals surface area contributed by atoms with Crippen LogP contribution in [0.1, 0.15) is 38.9 Å². The number of hydrogen-bond donors (Lipinski definition) is 3. The molecule has 7 nitrogen and oxygen atoms in total. The van der Waals surface area contributed by atoms with E-state index in [-0.39, 0.29) is 5.56 Å². The van der Waals surface area contributed by atoms with E-state index >= 15 is 0 Å². The molecule has 1 aromatic carbocycles. The molecule has 1 atom stereocenters. The molecule has 3 aromatic heterocycles. The molecule has 0 aliphatic rings. The van der Waals surface area contributed by atoms with E-state index in [4.69, 9.17) is 0 Å². The first-order valence-corrected chi connectivity index (χ1v) is 9.37. The topological polar surface area (TPSA) is 104 Å². The highest BCUT2D eigenvalue weighted by molar-refractivity contribution is 5.95. The van der Waals surface area contributed by atoms with Gasteiger partial charge in [0.25, 0.3) is 11.5 Å². The molecule has 0 fully saturated rings. The maximum Gasteiger partial charge on any atom is 0.261 e. The third-order valence-electron chi connectivity index (χ3n) is 4.89. The molecule has 4 rings (SSSR count). The summed E-state index contributed by atoms with van der Waals surface area (Å²) in [5.74, 6) is -0.420. The normalized spacial score (nSPS) is 12.1. The fourth-order valence-corrected chi connectivity index (χ4v) is 3.58. The molecule has 3 N–H and O–H groups in total. The van der Waals surface area contributed by atoms with Gasteiger partial charge in [0, 0.05) is 17.3 Å². The Morgan fingerprint density at radius 2 is 1.93 bits per heavy atom. The number of amides is 1. The average Bonchev–Trinajstić information content (AvgIpc) is 3.11. The van der Waals surface area contributed by atoms with Crippen LogP contribution >= 0.6 is 0 Å². The number of fused-ring (bicyclic) bond motifs is 1. The Bertz CT molecular complexity index is 1230. The predicted molar refractivity (Wildman–Crippen MR) is 111 cm³/mol. The summed E-state index contributed by atoms with van der Waals surface area (Å²) in [6.07, 6.45) is 2.22. The Hall–Kier alpha value is -3.74. The summed E-state index contributed by atoms with van der Waals surface area (Å²) in [5.41, 5.74) is 3.48. The van der Waals surface area contributed by atoms with E-state index in [0.717, 1.165) is 22.3 Å². The van der Waals surface area contributed by atoms with Crippen LogP contribution in [-0.2, 0) is 6.42 Å². The van der Waals surface area contributed by atoms with Crippen molar-refractivity contribution in [2.24, 2.45) is 0 Å². The predicted octanol–water partition coefficient (Wildman–Crippen LogP) is 2.98. The van der Waals surface area contributed by atoms with Gasteiger partial charge in [0.15, 0.2) is 5.65 Å². The summed E-state index contributed by atoms with van der Waals surface area (Å²) in [4.78, 5) is 32.4. The van der Waals surface area contributed by atoms with Crippen molar-refractivity contribution < 1.29 is 4.79 Å². The van der Waals surface area contributed by atoms with Crippen LogP contribution < -0.4 is 10.9 Å². The number of pyridine rings is 2. The molecule has 0 unspecified atom stereocenters. The number of aromatic amines is 2. The van der Waals surface area contributed by atoms with Crippen molar-refractivity contribution in [3.05, 3.63) is 93.2 Å². The standard InChI is InChI=1S/C22H21N5O2/c1-13-11-14(2)24-21(28)18(13)22(29)25-17(12-15-7-4-3-5-8-15)19-16-9-6-10-23-20(16)27-26-19/h3-11,17H,12H2,1-2H3,(H,24,28)(H,25,29)(H,23,26,27)/t17-/m1/s1. The number of hydrogen-bond acceptors (Lipinski definition) is 4. The molecule has 0 spiro atoms. The minimum Gasteiger partial charge on any atom is -0.343 e. The van der Waals surface area contributed by atoms with Crippen molar-refractivity contribution in [1.29, 1.82) is 0 Å². The van der Waals surface area contributed by atoms with Crippen LogP contribution in [0.2, 0.25) is 0 Å². The van der Waals surface area contributed by atoms with Gasteiger partial charge in [-0.2, -0.15) is 5.10 Å². The number of aromatic nitrogens is 4. The molecular weight excluding hydrogens is 366 g/mol. The quantitative estimate of drug-likeness (QED) is 0.490. The SMILES string of the molecule is Cc1cc(C)c(C(=O)N[C@H](Cc2ccccc2)c2[nH]nc3ncccc23)c(=O)[nH]1. The number of aryl methyl sites for hydroxylation is 2. The fraction of sp³-hybridized carbons (Fsp3) is 0.182. The molecule has 0 saturated carbocycles. The summed E-state index contributed by atoms with van der Waals surface area (Å²) in [6.45, 7) is 3.55. The van der Waals surface area contributed by atoms with Crippen LogP contribution in [0.25, 0.3) is 11.0 Å². The second-order valence-electron chi connectivity index (χ2n) is 7.07. The lowest BCUT2D eigenvalue weighted by Crippen LogP contribution is -2.35. The highest BCUT2D eigenvalue weighted by Gasteiger charge is 2.23. The largest absolute Gasteiger partial charge is 0.343 e. The monoisotopic (exact) mass is 387 g/mol. The average molecular weight is 387 g/mol. The lowest BCUT2D eigenvalue weighted by atomic mass is 10.0. The zero-order valence-corrected chi connectivity index (χ0v) is 16.2. The smallest absolute Gasteiger partial charge is 0.261 e. The van der Waals surface area contributed by atoms with Gasteiger partial charge in [-0.15, -0.1) is 0 Å². The minimum absolute atomic E-state index is 0.121. The zero-order chi connectivity index (χ0) is 20.4. The Kier molecular flexibility index (Phi) is 4.95. The van der Waals surface area contributed by atoms with Gasteiger partial charge >= 0.3 is 0 Å². The molecule has 1 amide bonds. The summed E-state index contributed by atoms with van der Waals surface area (Å²) in [6, 6.07) is 15.0. The van der Waals surface area contributed by atoms with E-state index < -0.39 is 17.5 Å². The van der Waals surface area contributed by atoms with Crippen LogP contribution in [0.3, 0.4) is 0 Å². The van der Waals surface area contributed by atoms with E-state index in [0.29, 0.717) is 17.6 Å². The Balaban J connectivity index is 1.73. The molecule has 0 aliphatic carbocycles. The van der Waals surface area contributed by atoms with Gasteiger partial charge in [0.1, 0.15) is 5.56 Å². The number of carbonyl (C=O) groups excluding carboxylic acids is 1. The summed E-state index contributed by atoms with van der Waals surface area (Å²) in [7, 11) is 0. The van der Waals surface area contributed by atoms with Crippen molar-refractivity contribution in [3.8, 4) is 0 Å². The van der Waals surface area contributed by atoms with Crippen LogP contribution in [0.5, 0.6) is 0 Å². The first kappa shape index (κ1) is 18.6. The van der Waals surface area contributed by atoms with Gasteiger partial charge in [-0.05, 0) is 49.6 Å². The van der Waals surface area contributed by atoms with Gasteiger partial charge in [0.2, 0.25) is 0 Å². The maximum absolute atomic E-state index is 13.0. The first-order valence-electron chi connectivity index (χ1n) is 9.37. The molecule has 0 radical (unpaired) electrons. The maximum atomic E-state index is 13.0. The summed E-state index contributed by atoms with van der Waals surface area (Å²) in [5, 5.41) is 11.1. The lowest BCUT2D eigenvalue weighted by molar-refractivity contribution is 0.0933. The highest BCUT2D eigenvalue weighted by Crippen LogP contribution is 2.24. The summed E-state index contributed by atoms with van der Waals surface area (Å²) >= 11 is 0. The van der Waals surface area contributed by atoms with Gasteiger partial charge in [0.05, 0.1) is 11.7 Å². The van der Waals surface area contributed by atoms with Crippen molar-refractivity contribution in [1.82, 2.24) is 25.5 Å². The molecule has 4 aromatic rings. The molecule has 29 heavy (non-hydrogen) atoms. The highest BCUT2D eigenvalue weighted by atomic mass is 16.2. The number of carbonyl (C=O) groups is 1. The fourth-order valence-electron chi connectivity index (χ4n) is 3.58. The molecular formula is C22H21N5O2. The van der Waals surface area contributed by atoms with Crippen molar-refractivity contribution in [3.63, 3.8) is 0 Å². The Labute approximate surface area is 167 Å².